The molecule has 1 N–H and O–H groups in total. The summed E-state index contributed by atoms with van der Waals surface area (Å²) in [7, 11) is 7.19. The second-order valence-electron chi connectivity index (χ2n) is 4.43. The van der Waals surface area contributed by atoms with Crippen LogP contribution in [0.15, 0.2) is 18.2 Å². The fourth-order valence-corrected chi connectivity index (χ4v) is 1.71. The second kappa shape index (κ2) is 7.62. The van der Waals surface area contributed by atoms with E-state index in [1.807, 2.05) is 26.2 Å². The number of methoxy groups -OCH3 is 2. The van der Waals surface area contributed by atoms with E-state index < -0.39 is 0 Å². The number of nitriles is 1. The summed E-state index contributed by atoms with van der Waals surface area (Å²) in [5.74, 6) is 1.37. The Kier molecular flexibility index (Phi) is 6.13. The van der Waals surface area contributed by atoms with Gasteiger partial charge >= 0.3 is 0 Å². The first kappa shape index (κ1) is 15.3. The van der Waals surface area contributed by atoms with Crippen LogP contribution in [-0.2, 0) is 0 Å². The number of rotatable bonds is 7. The van der Waals surface area contributed by atoms with Crippen LogP contribution in [0.3, 0.4) is 0 Å². The molecule has 1 unspecified atom stereocenters. The van der Waals surface area contributed by atoms with E-state index in [0.29, 0.717) is 11.5 Å². The van der Waals surface area contributed by atoms with Gasteiger partial charge in [0.2, 0.25) is 0 Å². The molecule has 0 bridgehead atoms. The molecule has 0 aliphatic carbocycles. The SMILES string of the molecule is COc1ccc(C(C#N)NCCN(C)C)c(OC)c1. The second-order valence-corrected chi connectivity index (χ2v) is 4.43. The predicted octanol–water partition coefficient (Wildman–Crippen LogP) is 1.42. The number of hydrogen-bond donors (Lipinski definition) is 1. The Morgan fingerprint density at radius 3 is 2.58 bits per heavy atom. The summed E-state index contributed by atoms with van der Waals surface area (Å²) in [6.45, 7) is 1.61. The lowest BCUT2D eigenvalue weighted by Crippen LogP contribution is -2.29. The maximum absolute atomic E-state index is 9.28. The van der Waals surface area contributed by atoms with E-state index in [4.69, 9.17) is 9.47 Å². The van der Waals surface area contributed by atoms with Gasteiger partial charge in [0, 0.05) is 24.7 Å². The zero-order valence-electron chi connectivity index (χ0n) is 11.9. The largest absolute Gasteiger partial charge is 0.497 e. The van der Waals surface area contributed by atoms with Crippen molar-refractivity contribution in [3.63, 3.8) is 0 Å². The summed E-state index contributed by atoms with van der Waals surface area (Å²) >= 11 is 0. The van der Waals surface area contributed by atoms with Crippen LogP contribution in [0.4, 0.5) is 0 Å². The fourth-order valence-electron chi connectivity index (χ4n) is 1.71. The van der Waals surface area contributed by atoms with Crippen molar-refractivity contribution in [3.8, 4) is 17.6 Å². The van der Waals surface area contributed by atoms with E-state index in [9.17, 15) is 5.26 Å². The number of hydrogen-bond acceptors (Lipinski definition) is 5. The third kappa shape index (κ3) is 4.43. The summed E-state index contributed by atoms with van der Waals surface area (Å²) in [5, 5.41) is 12.5. The minimum absolute atomic E-state index is 0.388. The molecule has 1 rings (SSSR count). The lowest BCUT2D eigenvalue weighted by molar-refractivity contribution is 0.380. The van der Waals surface area contributed by atoms with Crippen molar-refractivity contribution in [3.05, 3.63) is 23.8 Å². The molecule has 0 aliphatic heterocycles. The molecule has 5 heteroatoms. The molecule has 104 valence electrons. The molecule has 0 aromatic heterocycles. The van der Waals surface area contributed by atoms with Gasteiger partial charge in [-0.2, -0.15) is 5.26 Å². The average molecular weight is 263 g/mol. The average Bonchev–Trinajstić information content (AvgIpc) is 2.42. The molecule has 1 aromatic carbocycles. The maximum atomic E-state index is 9.28. The van der Waals surface area contributed by atoms with Crippen LogP contribution in [0, 0.1) is 11.3 Å². The minimum Gasteiger partial charge on any atom is -0.497 e. The van der Waals surface area contributed by atoms with Gasteiger partial charge in [0.25, 0.3) is 0 Å². The lowest BCUT2D eigenvalue weighted by atomic mass is 10.1. The topological polar surface area (TPSA) is 57.5 Å². The highest BCUT2D eigenvalue weighted by Gasteiger charge is 2.15. The molecule has 0 fully saturated rings. The molecule has 0 aliphatic rings. The highest BCUT2D eigenvalue weighted by atomic mass is 16.5. The summed E-state index contributed by atoms with van der Waals surface area (Å²) in [5.41, 5.74) is 0.824. The van der Waals surface area contributed by atoms with Crippen LogP contribution in [0.2, 0.25) is 0 Å². The Bertz CT molecular complexity index is 441. The monoisotopic (exact) mass is 263 g/mol. The van der Waals surface area contributed by atoms with Gasteiger partial charge in [-0.05, 0) is 26.2 Å². The predicted molar refractivity (Wildman–Crippen MR) is 74.5 cm³/mol. The number of likely N-dealkylation sites (N-methyl/N-ethyl adjacent to an activating group) is 1. The number of nitrogens with one attached hydrogen (secondary N) is 1. The van der Waals surface area contributed by atoms with Crippen molar-refractivity contribution in [1.82, 2.24) is 10.2 Å². The van der Waals surface area contributed by atoms with Crippen molar-refractivity contribution < 1.29 is 9.47 Å². The minimum atomic E-state index is -0.388. The molecule has 0 spiro atoms. The first-order valence-electron chi connectivity index (χ1n) is 6.12. The Morgan fingerprint density at radius 1 is 1.32 bits per heavy atom. The van der Waals surface area contributed by atoms with Crippen LogP contribution >= 0.6 is 0 Å². The molecule has 0 radical (unpaired) electrons. The lowest BCUT2D eigenvalue weighted by Gasteiger charge is -2.17. The first-order chi connectivity index (χ1) is 9.12. The molecular formula is C14H21N3O2. The highest BCUT2D eigenvalue weighted by Crippen LogP contribution is 2.29. The van der Waals surface area contributed by atoms with Crippen molar-refractivity contribution in [2.75, 3.05) is 41.4 Å². The van der Waals surface area contributed by atoms with Crippen LogP contribution in [-0.4, -0.2) is 46.3 Å². The molecule has 0 saturated heterocycles. The summed E-state index contributed by atoms with van der Waals surface area (Å²) < 4.78 is 10.5. The van der Waals surface area contributed by atoms with Gasteiger partial charge in [0.15, 0.2) is 0 Å². The Balaban J connectivity index is 2.83. The van der Waals surface area contributed by atoms with Gasteiger partial charge in [-0.25, -0.2) is 0 Å². The third-order valence-electron chi connectivity index (χ3n) is 2.79. The van der Waals surface area contributed by atoms with Gasteiger partial charge in [0.05, 0.1) is 20.3 Å². The molecule has 0 amide bonds. The first-order valence-corrected chi connectivity index (χ1v) is 6.12. The molecular weight excluding hydrogens is 242 g/mol. The number of ether oxygens (including phenoxy) is 2. The zero-order chi connectivity index (χ0) is 14.3. The molecule has 1 aromatic rings. The van der Waals surface area contributed by atoms with Crippen LogP contribution in [0.5, 0.6) is 11.5 Å². The highest BCUT2D eigenvalue weighted by molar-refractivity contribution is 5.44. The third-order valence-corrected chi connectivity index (χ3v) is 2.79. The van der Waals surface area contributed by atoms with Gasteiger partial charge in [-0.15, -0.1) is 0 Å². The van der Waals surface area contributed by atoms with Gasteiger partial charge in [-0.3, -0.25) is 5.32 Å². The molecule has 19 heavy (non-hydrogen) atoms. The molecule has 0 heterocycles. The van der Waals surface area contributed by atoms with Crippen molar-refractivity contribution in [1.29, 1.82) is 5.26 Å². The van der Waals surface area contributed by atoms with Gasteiger partial charge in [0.1, 0.15) is 17.5 Å². The maximum Gasteiger partial charge on any atom is 0.128 e. The van der Waals surface area contributed by atoms with Gasteiger partial charge in [-0.1, -0.05) is 0 Å². The van der Waals surface area contributed by atoms with Crippen molar-refractivity contribution >= 4 is 0 Å². The van der Waals surface area contributed by atoms with E-state index in [1.165, 1.54) is 0 Å². The normalized spacial score (nSPS) is 12.0. The summed E-state index contributed by atoms with van der Waals surface area (Å²) in [6.07, 6.45) is 0. The Labute approximate surface area is 114 Å². The van der Waals surface area contributed by atoms with E-state index in [0.717, 1.165) is 18.7 Å². The molecule has 0 saturated carbocycles. The van der Waals surface area contributed by atoms with E-state index in [2.05, 4.69) is 16.3 Å². The summed E-state index contributed by atoms with van der Waals surface area (Å²) in [4.78, 5) is 2.06. The Hall–Kier alpha value is -1.77. The van der Waals surface area contributed by atoms with Crippen LogP contribution in [0.25, 0.3) is 0 Å². The van der Waals surface area contributed by atoms with Crippen LogP contribution in [0.1, 0.15) is 11.6 Å². The fraction of sp³-hybridized carbons (Fsp3) is 0.500. The van der Waals surface area contributed by atoms with Crippen LogP contribution < -0.4 is 14.8 Å². The Morgan fingerprint density at radius 2 is 2.05 bits per heavy atom. The molecule has 1 atom stereocenters. The van der Waals surface area contributed by atoms with E-state index in [1.54, 1.807) is 20.3 Å². The quantitative estimate of drug-likeness (QED) is 0.806. The standard InChI is InChI=1S/C14H21N3O2/c1-17(2)8-7-16-13(10-15)12-6-5-11(18-3)9-14(12)19-4/h5-6,9,13,16H,7-8H2,1-4H3. The van der Waals surface area contributed by atoms with E-state index in [-0.39, 0.29) is 6.04 Å². The van der Waals surface area contributed by atoms with E-state index >= 15 is 0 Å². The zero-order valence-corrected chi connectivity index (χ0v) is 11.9. The smallest absolute Gasteiger partial charge is 0.128 e. The van der Waals surface area contributed by atoms with Crippen molar-refractivity contribution in [2.24, 2.45) is 0 Å². The molecule has 5 nitrogen and oxygen atoms in total. The number of benzene rings is 1. The van der Waals surface area contributed by atoms with Gasteiger partial charge < -0.3 is 14.4 Å². The number of nitrogens with zero attached hydrogens (tertiary/aromatic N) is 2. The van der Waals surface area contributed by atoms with Crippen molar-refractivity contribution in [2.45, 2.75) is 6.04 Å². The summed E-state index contributed by atoms with van der Waals surface area (Å²) in [6, 6.07) is 7.34.